The van der Waals surface area contributed by atoms with Crippen LogP contribution in [0.4, 0.5) is 0 Å². The van der Waals surface area contributed by atoms with E-state index >= 15 is 0 Å². The predicted molar refractivity (Wildman–Crippen MR) is 72.0 cm³/mol. The first-order valence-corrected chi connectivity index (χ1v) is 6.25. The maximum absolute atomic E-state index is 6.03. The van der Waals surface area contributed by atoms with Crippen molar-refractivity contribution in [2.75, 3.05) is 0 Å². The summed E-state index contributed by atoms with van der Waals surface area (Å²) in [5.74, 6) is 1.40. The summed E-state index contributed by atoms with van der Waals surface area (Å²) in [7, 11) is 0. The Kier molecular flexibility index (Phi) is 3.78. The highest BCUT2D eigenvalue weighted by Crippen LogP contribution is 2.26. The second-order valence-electron chi connectivity index (χ2n) is 4.96. The van der Waals surface area contributed by atoms with Gasteiger partial charge in [-0.2, -0.15) is 4.98 Å². The Labute approximate surface area is 116 Å². The number of nitrogens with zero attached hydrogens (tertiary/aromatic N) is 2. The van der Waals surface area contributed by atoms with Gasteiger partial charge in [-0.15, -0.1) is 0 Å². The van der Waals surface area contributed by atoms with Gasteiger partial charge in [-0.1, -0.05) is 22.8 Å². The number of hydrogen-bond acceptors (Lipinski definition) is 5. The van der Waals surface area contributed by atoms with E-state index in [9.17, 15) is 0 Å². The van der Waals surface area contributed by atoms with E-state index in [0.717, 1.165) is 5.56 Å². The van der Waals surface area contributed by atoms with Crippen molar-refractivity contribution in [2.45, 2.75) is 32.9 Å². The monoisotopic (exact) mass is 281 g/mol. The number of aryl methyl sites for hydroxylation is 1. The van der Waals surface area contributed by atoms with Crippen LogP contribution in [0.15, 0.2) is 22.7 Å². The topological polar surface area (TPSA) is 74.2 Å². The average Bonchev–Trinajstić information content (AvgIpc) is 2.79. The van der Waals surface area contributed by atoms with E-state index in [1.807, 2.05) is 19.1 Å². The van der Waals surface area contributed by atoms with Gasteiger partial charge in [-0.25, -0.2) is 0 Å². The molecule has 1 aromatic heterocycles. The highest BCUT2D eigenvalue weighted by Gasteiger charge is 2.21. The van der Waals surface area contributed by atoms with E-state index in [0.29, 0.717) is 22.5 Å². The fraction of sp³-hybridized carbons (Fsp3) is 0.385. The van der Waals surface area contributed by atoms with Crippen LogP contribution < -0.4 is 10.5 Å². The maximum atomic E-state index is 6.03. The SMILES string of the molecule is Cc1ccc(Cl)c(OCc2nc(C(C)(C)N)no2)c1. The quantitative estimate of drug-likeness (QED) is 0.933. The molecule has 102 valence electrons. The molecule has 1 aromatic carbocycles. The molecule has 0 unspecified atom stereocenters. The molecule has 0 spiro atoms. The third-order valence-electron chi connectivity index (χ3n) is 2.48. The number of nitrogens with two attached hydrogens (primary N) is 1. The number of ether oxygens (including phenoxy) is 1. The molecule has 1 heterocycles. The molecule has 0 radical (unpaired) electrons. The summed E-state index contributed by atoms with van der Waals surface area (Å²) in [4.78, 5) is 4.18. The van der Waals surface area contributed by atoms with Crippen LogP contribution >= 0.6 is 11.6 Å². The van der Waals surface area contributed by atoms with E-state index in [-0.39, 0.29) is 6.61 Å². The summed E-state index contributed by atoms with van der Waals surface area (Å²) in [6, 6.07) is 5.55. The third kappa shape index (κ3) is 3.45. The van der Waals surface area contributed by atoms with Crippen LogP contribution in [0.1, 0.15) is 31.1 Å². The maximum Gasteiger partial charge on any atom is 0.264 e. The second kappa shape index (κ2) is 5.19. The lowest BCUT2D eigenvalue weighted by atomic mass is 10.1. The molecular weight excluding hydrogens is 266 g/mol. The number of benzene rings is 1. The Morgan fingerprint density at radius 3 is 2.79 bits per heavy atom. The van der Waals surface area contributed by atoms with Crippen molar-refractivity contribution in [1.82, 2.24) is 10.1 Å². The molecule has 0 fully saturated rings. The fourth-order valence-corrected chi connectivity index (χ4v) is 1.61. The molecule has 6 heteroatoms. The van der Waals surface area contributed by atoms with Crippen molar-refractivity contribution in [1.29, 1.82) is 0 Å². The summed E-state index contributed by atoms with van der Waals surface area (Å²) in [5, 5.41) is 4.36. The minimum absolute atomic E-state index is 0.159. The summed E-state index contributed by atoms with van der Waals surface area (Å²) in [5.41, 5.74) is 6.30. The van der Waals surface area contributed by atoms with E-state index < -0.39 is 5.54 Å². The highest BCUT2D eigenvalue weighted by atomic mass is 35.5. The lowest BCUT2D eigenvalue weighted by Gasteiger charge is -2.11. The van der Waals surface area contributed by atoms with Crippen LogP contribution in [0.2, 0.25) is 5.02 Å². The van der Waals surface area contributed by atoms with Crippen molar-refractivity contribution in [3.8, 4) is 5.75 Å². The van der Waals surface area contributed by atoms with Crippen molar-refractivity contribution in [3.63, 3.8) is 0 Å². The van der Waals surface area contributed by atoms with Crippen LogP contribution in [0, 0.1) is 6.92 Å². The Bertz CT molecular complexity index is 576. The molecule has 0 atom stereocenters. The van der Waals surface area contributed by atoms with Gasteiger partial charge in [0, 0.05) is 0 Å². The molecule has 5 nitrogen and oxygen atoms in total. The van der Waals surface area contributed by atoms with Crippen LogP contribution in [-0.2, 0) is 12.1 Å². The molecule has 0 aliphatic heterocycles. The van der Waals surface area contributed by atoms with Gasteiger partial charge in [-0.05, 0) is 38.5 Å². The number of halogens is 1. The zero-order valence-electron chi connectivity index (χ0n) is 11.1. The van der Waals surface area contributed by atoms with Crippen LogP contribution in [0.3, 0.4) is 0 Å². The molecule has 0 aliphatic rings. The highest BCUT2D eigenvalue weighted by molar-refractivity contribution is 6.32. The van der Waals surface area contributed by atoms with Gasteiger partial charge in [0.2, 0.25) is 0 Å². The van der Waals surface area contributed by atoms with Gasteiger partial charge < -0.3 is 15.0 Å². The Morgan fingerprint density at radius 1 is 1.42 bits per heavy atom. The van der Waals surface area contributed by atoms with Crippen molar-refractivity contribution >= 4 is 11.6 Å². The molecule has 19 heavy (non-hydrogen) atoms. The van der Waals surface area contributed by atoms with Crippen molar-refractivity contribution in [3.05, 3.63) is 40.5 Å². The van der Waals surface area contributed by atoms with E-state index in [4.69, 9.17) is 26.6 Å². The first-order chi connectivity index (χ1) is 8.86. The third-order valence-corrected chi connectivity index (χ3v) is 2.79. The van der Waals surface area contributed by atoms with Crippen LogP contribution in [0.5, 0.6) is 5.75 Å². The predicted octanol–water partition coefficient (Wildman–Crippen LogP) is 2.80. The van der Waals surface area contributed by atoms with E-state index in [1.165, 1.54) is 0 Å². The molecule has 0 aliphatic carbocycles. The standard InChI is InChI=1S/C13H16ClN3O2/c1-8-4-5-9(14)10(6-8)18-7-11-16-12(17-19-11)13(2,3)15/h4-6H,7,15H2,1-3H3. The first kappa shape index (κ1) is 13.8. The van der Waals surface area contributed by atoms with Gasteiger partial charge in [0.25, 0.3) is 5.89 Å². The van der Waals surface area contributed by atoms with E-state index in [2.05, 4.69) is 10.1 Å². The molecule has 0 saturated heterocycles. The molecular formula is C13H16ClN3O2. The summed E-state index contributed by atoms with van der Waals surface area (Å²) >= 11 is 6.03. The summed E-state index contributed by atoms with van der Waals surface area (Å²) < 4.78 is 10.6. The Morgan fingerprint density at radius 2 is 2.16 bits per heavy atom. The van der Waals surface area contributed by atoms with Crippen LogP contribution in [0.25, 0.3) is 0 Å². The van der Waals surface area contributed by atoms with Crippen LogP contribution in [-0.4, -0.2) is 10.1 Å². The van der Waals surface area contributed by atoms with Gasteiger partial charge in [0.15, 0.2) is 12.4 Å². The number of rotatable bonds is 4. The zero-order valence-corrected chi connectivity index (χ0v) is 11.9. The summed E-state index contributed by atoms with van der Waals surface area (Å²) in [6.45, 7) is 5.73. The number of hydrogen-bond donors (Lipinski definition) is 1. The van der Waals surface area contributed by atoms with E-state index in [1.54, 1.807) is 19.9 Å². The van der Waals surface area contributed by atoms with Gasteiger partial charge in [0.1, 0.15) is 5.75 Å². The molecule has 2 N–H and O–H groups in total. The average molecular weight is 282 g/mol. The summed E-state index contributed by atoms with van der Waals surface area (Å²) in [6.07, 6.45) is 0. The number of aromatic nitrogens is 2. The molecule has 0 amide bonds. The van der Waals surface area contributed by atoms with Gasteiger partial charge in [-0.3, -0.25) is 0 Å². The minimum atomic E-state index is -0.636. The smallest absolute Gasteiger partial charge is 0.264 e. The van der Waals surface area contributed by atoms with Crippen molar-refractivity contribution < 1.29 is 9.26 Å². The lowest BCUT2D eigenvalue weighted by molar-refractivity contribution is 0.242. The van der Waals surface area contributed by atoms with Gasteiger partial charge >= 0.3 is 0 Å². The zero-order chi connectivity index (χ0) is 14.0. The Balaban J connectivity index is 2.06. The Hall–Kier alpha value is -1.59. The molecule has 0 saturated carbocycles. The molecule has 2 rings (SSSR count). The molecule has 0 bridgehead atoms. The fourth-order valence-electron chi connectivity index (χ4n) is 1.44. The van der Waals surface area contributed by atoms with Gasteiger partial charge in [0.05, 0.1) is 10.6 Å². The largest absolute Gasteiger partial charge is 0.482 e. The second-order valence-corrected chi connectivity index (χ2v) is 5.36. The normalized spacial score (nSPS) is 11.6. The molecule has 2 aromatic rings. The van der Waals surface area contributed by atoms with Crippen molar-refractivity contribution in [2.24, 2.45) is 5.73 Å². The lowest BCUT2D eigenvalue weighted by Crippen LogP contribution is -2.30. The first-order valence-electron chi connectivity index (χ1n) is 5.87. The minimum Gasteiger partial charge on any atom is -0.482 e.